The Hall–Kier alpha value is -0.130. The lowest BCUT2D eigenvalue weighted by atomic mass is 9.80. The third kappa shape index (κ3) is 5.53. The molecule has 5 heteroatoms. The topological polar surface area (TPSA) is 49.4 Å². The predicted octanol–water partition coefficient (Wildman–Crippen LogP) is 2.69. The second-order valence-electron chi connectivity index (χ2n) is 5.70. The van der Waals surface area contributed by atoms with Crippen molar-refractivity contribution in [1.29, 1.82) is 0 Å². The van der Waals surface area contributed by atoms with E-state index in [1.165, 1.54) is 0 Å². The molecule has 0 radical (unpaired) electrons. The maximum atomic E-state index is 11.7. The van der Waals surface area contributed by atoms with E-state index in [1.807, 2.05) is 7.05 Å². The fourth-order valence-electron chi connectivity index (χ4n) is 3.60. The molecule has 0 aromatic rings. The third-order valence-electron chi connectivity index (χ3n) is 5.00. The molecular formula is C16H36N2O2S. The van der Waals surface area contributed by atoms with Gasteiger partial charge in [0.25, 0.3) is 0 Å². The van der Waals surface area contributed by atoms with Gasteiger partial charge in [0.1, 0.15) is 9.84 Å². The van der Waals surface area contributed by atoms with Crippen molar-refractivity contribution in [3.63, 3.8) is 0 Å². The summed E-state index contributed by atoms with van der Waals surface area (Å²) in [6.45, 7) is 12.7. The summed E-state index contributed by atoms with van der Waals surface area (Å²) in [5.41, 5.74) is 0.119. The molecule has 0 aliphatic carbocycles. The lowest BCUT2D eigenvalue weighted by molar-refractivity contribution is 0.0486. The van der Waals surface area contributed by atoms with Gasteiger partial charge in [-0.3, -0.25) is 4.90 Å². The highest BCUT2D eigenvalue weighted by Crippen LogP contribution is 2.30. The van der Waals surface area contributed by atoms with Gasteiger partial charge in [-0.25, -0.2) is 8.42 Å². The first-order chi connectivity index (χ1) is 9.87. The number of nitrogens with zero attached hydrogens (tertiary/aromatic N) is 1. The summed E-state index contributed by atoms with van der Waals surface area (Å²) >= 11 is 0. The Labute approximate surface area is 132 Å². The Morgan fingerprint density at radius 3 is 1.90 bits per heavy atom. The van der Waals surface area contributed by atoms with Gasteiger partial charge in [-0.1, -0.05) is 34.6 Å². The average Bonchev–Trinajstić information content (AvgIpc) is 2.50. The van der Waals surface area contributed by atoms with Crippen LogP contribution in [0.1, 0.15) is 60.3 Å². The Bertz CT molecular complexity index is 360. The zero-order chi connectivity index (χ0) is 16.5. The Balaban J connectivity index is 5.00. The monoisotopic (exact) mass is 320 g/mol. The second kappa shape index (κ2) is 9.80. The first-order valence-corrected chi connectivity index (χ1v) is 10.3. The zero-order valence-electron chi connectivity index (χ0n) is 14.9. The summed E-state index contributed by atoms with van der Waals surface area (Å²) in [5.74, 6) is 0.559. The summed E-state index contributed by atoms with van der Waals surface area (Å²) in [6.07, 6.45) is 3.81. The SMILES string of the molecule is CCN(CC)C(CC)(CC)C(CCCS(=O)(=O)CC)NC. The minimum absolute atomic E-state index is 0.119. The van der Waals surface area contributed by atoms with Gasteiger partial charge in [0.15, 0.2) is 0 Å². The smallest absolute Gasteiger partial charge is 0.150 e. The third-order valence-corrected chi connectivity index (χ3v) is 6.79. The number of hydrogen-bond acceptors (Lipinski definition) is 4. The van der Waals surface area contributed by atoms with Crippen LogP contribution in [0.4, 0.5) is 0 Å². The van der Waals surface area contributed by atoms with Crippen molar-refractivity contribution in [2.75, 3.05) is 31.6 Å². The van der Waals surface area contributed by atoms with Gasteiger partial charge in [-0.15, -0.1) is 0 Å². The number of sulfone groups is 1. The molecule has 0 amide bonds. The highest BCUT2D eigenvalue weighted by Gasteiger charge is 2.38. The molecular weight excluding hydrogens is 284 g/mol. The molecule has 0 bridgehead atoms. The zero-order valence-corrected chi connectivity index (χ0v) is 15.7. The molecule has 0 spiro atoms. The fraction of sp³-hybridized carbons (Fsp3) is 1.00. The van der Waals surface area contributed by atoms with Gasteiger partial charge < -0.3 is 5.32 Å². The van der Waals surface area contributed by atoms with Crippen LogP contribution in [0.25, 0.3) is 0 Å². The van der Waals surface area contributed by atoms with Crippen LogP contribution < -0.4 is 5.32 Å². The molecule has 4 nitrogen and oxygen atoms in total. The van der Waals surface area contributed by atoms with Crippen LogP contribution in [0.15, 0.2) is 0 Å². The molecule has 0 aliphatic heterocycles. The standard InChI is InChI=1S/C16H36N2O2S/c1-7-16(8-2,18(9-3)10-4)15(17-6)13-12-14-21(19,20)11-5/h15,17H,7-14H2,1-6H3. The van der Waals surface area contributed by atoms with Crippen LogP contribution in [0.5, 0.6) is 0 Å². The molecule has 0 aromatic heterocycles. The van der Waals surface area contributed by atoms with Gasteiger partial charge in [0.2, 0.25) is 0 Å². The van der Waals surface area contributed by atoms with Crippen LogP contribution in [-0.2, 0) is 9.84 Å². The van der Waals surface area contributed by atoms with Crippen LogP contribution in [0.3, 0.4) is 0 Å². The number of likely N-dealkylation sites (N-methyl/N-ethyl adjacent to an activating group) is 2. The molecule has 0 saturated heterocycles. The quantitative estimate of drug-likeness (QED) is 0.601. The first kappa shape index (κ1) is 20.9. The highest BCUT2D eigenvalue weighted by atomic mass is 32.2. The van der Waals surface area contributed by atoms with Gasteiger partial charge in [0, 0.05) is 17.3 Å². The van der Waals surface area contributed by atoms with E-state index in [0.29, 0.717) is 11.8 Å². The summed E-state index contributed by atoms with van der Waals surface area (Å²) in [6, 6.07) is 0.333. The molecule has 0 aliphatic rings. The molecule has 0 saturated carbocycles. The highest BCUT2D eigenvalue weighted by molar-refractivity contribution is 7.91. The Kier molecular flexibility index (Phi) is 9.74. The lowest BCUT2D eigenvalue weighted by Gasteiger charge is -2.48. The van der Waals surface area contributed by atoms with E-state index in [2.05, 4.69) is 37.9 Å². The normalized spacial score (nSPS) is 14.6. The molecule has 0 aromatic carbocycles. The molecule has 1 unspecified atom stereocenters. The van der Waals surface area contributed by atoms with Gasteiger partial charge in [-0.2, -0.15) is 0 Å². The Morgan fingerprint density at radius 2 is 1.57 bits per heavy atom. The molecule has 0 rings (SSSR count). The summed E-state index contributed by atoms with van der Waals surface area (Å²) < 4.78 is 23.3. The van der Waals surface area contributed by atoms with Crippen molar-refractivity contribution in [2.24, 2.45) is 0 Å². The van der Waals surface area contributed by atoms with Crippen LogP contribution in [0, 0.1) is 0 Å². The number of hydrogen-bond donors (Lipinski definition) is 1. The van der Waals surface area contributed by atoms with Crippen molar-refractivity contribution >= 4 is 9.84 Å². The van der Waals surface area contributed by atoms with Crippen LogP contribution in [-0.4, -0.2) is 56.5 Å². The molecule has 0 heterocycles. The van der Waals surface area contributed by atoms with Gasteiger partial charge in [0.05, 0.1) is 5.75 Å². The van der Waals surface area contributed by atoms with Gasteiger partial charge >= 0.3 is 0 Å². The van der Waals surface area contributed by atoms with Crippen molar-refractivity contribution in [1.82, 2.24) is 10.2 Å². The maximum Gasteiger partial charge on any atom is 0.150 e. The minimum Gasteiger partial charge on any atom is -0.315 e. The predicted molar refractivity (Wildman–Crippen MR) is 92.6 cm³/mol. The maximum absolute atomic E-state index is 11.7. The minimum atomic E-state index is -2.86. The fourth-order valence-corrected chi connectivity index (χ4v) is 4.49. The molecule has 0 fully saturated rings. The first-order valence-electron chi connectivity index (χ1n) is 8.49. The van der Waals surface area contributed by atoms with Crippen molar-refractivity contribution in [2.45, 2.75) is 71.9 Å². The molecule has 1 N–H and O–H groups in total. The summed E-state index contributed by atoms with van der Waals surface area (Å²) in [4.78, 5) is 2.53. The molecule has 21 heavy (non-hydrogen) atoms. The van der Waals surface area contributed by atoms with Crippen molar-refractivity contribution < 1.29 is 8.42 Å². The number of rotatable bonds is 12. The van der Waals surface area contributed by atoms with E-state index in [9.17, 15) is 8.42 Å². The van der Waals surface area contributed by atoms with Crippen LogP contribution >= 0.6 is 0 Å². The van der Waals surface area contributed by atoms with Crippen molar-refractivity contribution in [3.05, 3.63) is 0 Å². The Morgan fingerprint density at radius 1 is 1.05 bits per heavy atom. The van der Waals surface area contributed by atoms with Gasteiger partial charge in [-0.05, 0) is 45.8 Å². The van der Waals surface area contributed by atoms with E-state index in [-0.39, 0.29) is 11.3 Å². The van der Waals surface area contributed by atoms with E-state index in [1.54, 1.807) is 6.92 Å². The van der Waals surface area contributed by atoms with Crippen LogP contribution in [0.2, 0.25) is 0 Å². The van der Waals surface area contributed by atoms with E-state index in [0.717, 1.165) is 38.8 Å². The van der Waals surface area contributed by atoms with E-state index in [4.69, 9.17) is 0 Å². The molecule has 1 atom stereocenters. The average molecular weight is 321 g/mol. The van der Waals surface area contributed by atoms with Crippen molar-refractivity contribution in [3.8, 4) is 0 Å². The number of nitrogens with one attached hydrogen (secondary N) is 1. The second-order valence-corrected chi connectivity index (χ2v) is 8.18. The summed E-state index contributed by atoms with van der Waals surface area (Å²) in [5, 5.41) is 3.46. The van der Waals surface area contributed by atoms with E-state index >= 15 is 0 Å². The van der Waals surface area contributed by atoms with E-state index < -0.39 is 9.84 Å². The molecule has 128 valence electrons. The largest absolute Gasteiger partial charge is 0.315 e. The lowest BCUT2D eigenvalue weighted by Crippen LogP contribution is -2.60. The summed E-state index contributed by atoms with van der Waals surface area (Å²) in [7, 11) is -0.853.